The smallest absolute Gasteiger partial charge is 0.119 e. The lowest BCUT2D eigenvalue weighted by molar-refractivity contribution is 0.0255. The highest BCUT2D eigenvalue weighted by atomic mass is 16.5. The van der Waals surface area contributed by atoms with Gasteiger partial charge in [-0.3, -0.25) is 0 Å². The van der Waals surface area contributed by atoms with Crippen molar-refractivity contribution in [2.45, 2.75) is 58.1 Å². The van der Waals surface area contributed by atoms with E-state index in [0.717, 1.165) is 44.8 Å². The monoisotopic (exact) mass is 291 g/mol. The van der Waals surface area contributed by atoms with Gasteiger partial charge in [0, 0.05) is 18.9 Å². The zero-order valence-electron chi connectivity index (χ0n) is 13.4. The van der Waals surface area contributed by atoms with Crippen molar-refractivity contribution in [2.75, 3.05) is 19.8 Å². The van der Waals surface area contributed by atoms with Gasteiger partial charge in [0.2, 0.25) is 0 Å². The minimum Gasteiger partial charge on any atom is -0.490 e. The Morgan fingerprint density at radius 3 is 2.62 bits per heavy atom. The Morgan fingerprint density at radius 1 is 1.24 bits per heavy atom. The maximum absolute atomic E-state index is 6.00. The molecule has 1 aliphatic heterocycles. The van der Waals surface area contributed by atoms with Crippen molar-refractivity contribution in [3.8, 4) is 5.75 Å². The molecule has 0 radical (unpaired) electrons. The highest BCUT2D eigenvalue weighted by molar-refractivity contribution is 5.27. The van der Waals surface area contributed by atoms with Crippen LogP contribution in [0.15, 0.2) is 24.3 Å². The lowest BCUT2D eigenvalue weighted by Gasteiger charge is -2.23. The minimum atomic E-state index is 0.322. The van der Waals surface area contributed by atoms with E-state index in [1.807, 2.05) is 0 Å². The summed E-state index contributed by atoms with van der Waals surface area (Å²) in [5.74, 6) is 0.989. The third-order valence-electron chi connectivity index (χ3n) is 4.00. The summed E-state index contributed by atoms with van der Waals surface area (Å²) in [6.07, 6.45) is 5.82. The van der Waals surface area contributed by atoms with E-state index in [4.69, 9.17) is 9.47 Å². The van der Waals surface area contributed by atoms with Crippen molar-refractivity contribution in [1.82, 2.24) is 5.32 Å². The summed E-state index contributed by atoms with van der Waals surface area (Å²) in [6.45, 7) is 7.23. The first-order chi connectivity index (χ1) is 10.3. The van der Waals surface area contributed by atoms with E-state index in [0.29, 0.717) is 12.1 Å². The molecule has 3 heteroatoms. The number of hydrogen-bond donors (Lipinski definition) is 1. The first kappa shape index (κ1) is 16.3. The molecular weight excluding hydrogens is 262 g/mol. The number of aryl methyl sites for hydroxylation is 1. The lowest BCUT2D eigenvalue weighted by Crippen LogP contribution is -2.27. The molecule has 0 saturated carbocycles. The van der Waals surface area contributed by atoms with Gasteiger partial charge in [0.25, 0.3) is 0 Å². The van der Waals surface area contributed by atoms with Crippen molar-refractivity contribution in [1.29, 1.82) is 0 Å². The van der Waals surface area contributed by atoms with Crippen molar-refractivity contribution in [2.24, 2.45) is 0 Å². The predicted octanol–water partition coefficient (Wildman–Crippen LogP) is 3.57. The quantitative estimate of drug-likeness (QED) is 0.794. The first-order valence-electron chi connectivity index (χ1n) is 8.34. The molecule has 0 spiro atoms. The molecule has 1 aromatic carbocycles. The van der Waals surface area contributed by atoms with Gasteiger partial charge in [-0.1, -0.05) is 19.1 Å². The standard InChI is InChI=1S/C18H29NO2/c1-3-12-19-15(2)4-5-16-6-8-17(9-7-16)21-18-10-13-20-14-11-18/h6-9,15,18-19H,3-5,10-14H2,1-2H3. The van der Waals surface area contributed by atoms with Gasteiger partial charge in [0.05, 0.1) is 13.2 Å². The molecule has 3 nitrogen and oxygen atoms in total. The highest BCUT2D eigenvalue weighted by Gasteiger charge is 2.15. The molecule has 118 valence electrons. The molecular formula is C18H29NO2. The first-order valence-corrected chi connectivity index (χ1v) is 8.34. The van der Waals surface area contributed by atoms with Crippen LogP contribution < -0.4 is 10.1 Å². The summed E-state index contributed by atoms with van der Waals surface area (Å²) in [5.41, 5.74) is 1.39. The van der Waals surface area contributed by atoms with E-state index in [2.05, 4.69) is 43.4 Å². The maximum atomic E-state index is 6.00. The van der Waals surface area contributed by atoms with Crippen LogP contribution in [0.3, 0.4) is 0 Å². The zero-order chi connectivity index (χ0) is 14.9. The van der Waals surface area contributed by atoms with Gasteiger partial charge in [0.15, 0.2) is 0 Å². The fraction of sp³-hybridized carbons (Fsp3) is 0.667. The fourth-order valence-corrected chi connectivity index (χ4v) is 2.60. The Labute approximate surface area is 129 Å². The number of hydrogen-bond acceptors (Lipinski definition) is 3. The topological polar surface area (TPSA) is 30.5 Å². The van der Waals surface area contributed by atoms with Gasteiger partial charge >= 0.3 is 0 Å². The molecule has 21 heavy (non-hydrogen) atoms. The Morgan fingerprint density at radius 2 is 1.95 bits per heavy atom. The van der Waals surface area contributed by atoms with Crippen LogP contribution in [0.25, 0.3) is 0 Å². The molecule has 0 bridgehead atoms. The molecule has 1 heterocycles. The molecule has 0 aliphatic carbocycles. The van der Waals surface area contributed by atoms with Crippen LogP contribution in [0.2, 0.25) is 0 Å². The summed E-state index contributed by atoms with van der Waals surface area (Å²) in [7, 11) is 0. The fourth-order valence-electron chi connectivity index (χ4n) is 2.60. The third-order valence-corrected chi connectivity index (χ3v) is 4.00. The number of rotatable bonds is 8. The van der Waals surface area contributed by atoms with Gasteiger partial charge in [-0.25, -0.2) is 0 Å². The van der Waals surface area contributed by atoms with E-state index in [1.54, 1.807) is 0 Å². The minimum absolute atomic E-state index is 0.322. The molecule has 1 saturated heterocycles. The van der Waals surface area contributed by atoms with E-state index in [9.17, 15) is 0 Å². The molecule has 1 aromatic rings. The average Bonchev–Trinajstić information content (AvgIpc) is 2.53. The van der Waals surface area contributed by atoms with Crippen molar-refractivity contribution < 1.29 is 9.47 Å². The van der Waals surface area contributed by atoms with Crippen LogP contribution in [-0.4, -0.2) is 31.9 Å². The predicted molar refractivity (Wildman–Crippen MR) is 87.0 cm³/mol. The Balaban J connectivity index is 1.73. The Kier molecular flexibility index (Phi) is 7.04. The van der Waals surface area contributed by atoms with E-state index in [1.165, 1.54) is 18.4 Å². The van der Waals surface area contributed by atoms with Crippen LogP contribution in [0, 0.1) is 0 Å². The largest absolute Gasteiger partial charge is 0.490 e. The Bertz CT molecular complexity index is 385. The summed E-state index contributed by atoms with van der Waals surface area (Å²) in [5, 5.41) is 3.53. The zero-order valence-corrected chi connectivity index (χ0v) is 13.4. The molecule has 2 rings (SSSR count). The summed E-state index contributed by atoms with van der Waals surface area (Å²) in [4.78, 5) is 0. The number of ether oxygens (including phenoxy) is 2. The van der Waals surface area contributed by atoms with Crippen LogP contribution in [0.4, 0.5) is 0 Å². The third kappa shape index (κ3) is 6.06. The molecule has 1 N–H and O–H groups in total. The second kappa shape index (κ2) is 9.06. The molecule has 0 amide bonds. The van der Waals surface area contributed by atoms with Crippen molar-refractivity contribution in [3.63, 3.8) is 0 Å². The Hall–Kier alpha value is -1.06. The summed E-state index contributed by atoms with van der Waals surface area (Å²) in [6, 6.07) is 9.19. The van der Waals surface area contributed by atoms with Crippen LogP contribution >= 0.6 is 0 Å². The lowest BCUT2D eigenvalue weighted by atomic mass is 10.1. The van der Waals surface area contributed by atoms with Crippen molar-refractivity contribution >= 4 is 0 Å². The van der Waals surface area contributed by atoms with Gasteiger partial charge < -0.3 is 14.8 Å². The van der Waals surface area contributed by atoms with Crippen LogP contribution in [0.5, 0.6) is 5.75 Å². The van der Waals surface area contributed by atoms with E-state index in [-0.39, 0.29) is 0 Å². The molecule has 0 aromatic heterocycles. The molecule has 1 aliphatic rings. The van der Waals surface area contributed by atoms with Gasteiger partial charge in [-0.05, 0) is 50.4 Å². The maximum Gasteiger partial charge on any atom is 0.119 e. The molecule has 1 atom stereocenters. The van der Waals surface area contributed by atoms with Crippen LogP contribution in [-0.2, 0) is 11.2 Å². The number of nitrogens with one attached hydrogen (secondary N) is 1. The summed E-state index contributed by atoms with van der Waals surface area (Å²) >= 11 is 0. The average molecular weight is 291 g/mol. The summed E-state index contributed by atoms with van der Waals surface area (Å²) < 4.78 is 11.3. The van der Waals surface area contributed by atoms with Gasteiger partial charge in [-0.15, -0.1) is 0 Å². The second-order valence-corrected chi connectivity index (χ2v) is 5.97. The van der Waals surface area contributed by atoms with E-state index < -0.39 is 0 Å². The van der Waals surface area contributed by atoms with Gasteiger partial charge in [0.1, 0.15) is 11.9 Å². The van der Waals surface area contributed by atoms with E-state index >= 15 is 0 Å². The molecule has 1 unspecified atom stereocenters. The normalized spacial score (nSPS) is 17.6. The second-order valence-electron chi connectivity index (χ2n) is 5.97. The van der Waals surface area contributed by atoms with Crippen molar-refractivity contribution in [3.05, 3.63) is 29.8 Å². The SMILES string of the molecule is CCCNC(C)CCc1ccc(OC2CCOCC2)cc1. The molecule has 1 fully saturated rings. The van der Waals surface area contributed by atoms with Crippen LogP contribution in [0.1, 0.15) is 45.1 Å². The highest BCUT2D eigenvalue weighted by Crippen LogP contribution is 2.19. The number of benzene rings is 1. The van der Waals surface area contributed by atoms with Gasteiger partial charge in [-0.2, -0.15) is 0 Å².